The fourth-order valence-corrected chi connectivity index (χ4v) is 8.46. The molecule has 6 aliphatic rings. The van der Waals surface area contributed by atoms with Crippen LogP contribution in [0.25, 0.3) is 0 Å². The average Bonchev–Trinajstić information content (AvgIpc) is 2.66. The van der Waals surface area contributed by atoms with E-state index in [0.29, 0.717) is 12.8 Å². The molecule has 6 rings (SSSR count). The molecular formula is C20H30O6. The largest absolute Gasteiger partial charge is 0.429 e. The fraction of sp³-hybridized carbons (Fsp3) is 0.950. The molecule has 6 nitrogen and oxygen atoms in total. The van der Waals surface area contributed by atoms with E-state index in [-0.39, 0.29) is 23.2 Å². The van der Waals surface area contributed by atoms with E-state index >= 15 is 0 Å². The van der Waals surface area contributed by atoms with Crippen LogP contribution in [-0.4, -0.2) is 50.5 Å². The maximum atomic E-state index is 13.2. The van der Waals surface area contributed by atoms with Crippen LogP contribution in [0.4, 0.5) is 0 Å². The first-order chi connectivity index (χ1) is 12.1. The van der Waals surface area contributed by atoms with E-state index in [1.54, 1.807) is 0 Å². The van der Waals surface area contributed by atoms with Gasteiger partial charge in [-0.15, -0.1) is 0 Å². The predicted octanol–water partition coefficient (Wildman–Crippen LogP) is 0.803. The molecule has 2 aliphatic heterocycles. The summed E-state index contributed by atoms with van der Waals surface area (Å²) in [5.74, 6) is -3.86. The molecule has 4 bridgehead atoms. The van der Waals surface area contributed by atoms with Crippen molar-refractivity contribution in [3.05, 3.63) is 0 Å². The Bertz CT molecular complexity index is 671. The Kier molecular flexibility index (Phi) is 3.11. The van der Waals surface area contributed by atoms with Gasteiger partial charge in [0.15, 0.2) is 0 Å². The van der Waals surface area contributed by atoms with Crippen molar-refractivity contribution in [2.24, 2.45) is 39.9 Å². The summed E-state index contributed by atoms with van der Waals surface area (Å²) < 4.78 is 5.56. The SMILES string of the molecule is C[C@@H]1[C@@H]2CC[C@H]3[C@]45CCCC(C)(C)[C@H]4[C@H](O)[C@](O)(OC5=O)[C@@]3([C@@H]1O)[C@@H]2O. The summed E-state index contributed by atoms with van der Waals surface area (Å²) >= 11 is 0. The zero-order chi connectivity index (χ0) is 18.9. The number of fused-ring (bicyclic) bond motifs is 2. The smallest absolute Gasteiger partial charge is 0.315 e. The molecule has 146 valence electrons. The number of aliphatic hydroxyl groups is 4. The molecule has 6 fully saturated rings. The Balaban J connectivity index is 1.81. The lowest BCUT2D eigenvalue weighted by Crippen LogP contribution is -2.85. The topological polar surface area (TPSA) is 107 Å². The molecule has 0 aromatic carbocycles. The highest BCUT2D eigenvalue weighted by atomic mass is 16.7. The van der Waals surface area contributed by atoms with Gasteiger partial charge in [0, 0.05) is 5.92 Å². The summed E-state index contributed by atoms with van der Waals surface area (Å²) in [6, 6.07) is 0. The number of hydrogen-bond donors (Lipinski definition) is 4. The van der Waals surface area contributed by atoms with Gasteiger partial charge in [0.25, 0.3) is 0 Å². The van der Waals surface area contributed by atoms with Crippen LogP contribution >= 0.6 is 0 Å². The van der Waals surface area contributed by atoms with Gasteiger partial charge in [-0.25, -0.2) is 0 Å². The molecule has 10 atom stereocenters. The van der Waals surface area contributed by atoms with Crippen LogP contribution < -0.4 is 0 Å². The highest BCUT2D eigenvalue weighted by molar-refractivity contribution is 5.82. The molecule has 2 heterocycles. The number of rotatable bonds is 0. The van der Waals surface area contributed by atoms with Crippen LogP contribution in [-0.2, 0) is 9.53 Å². The van der Waals surface area contributed by atoms with Gasteiger partial charge in [0.1, 0.15) is 6.10 Å². The van der Waals surface area contributed by atoms with E-state index in [1.165, 1.54) is 0 Å². The molecule has 4 N–H and O–H groups in total. The van der Waals surface area contributed by atoms with E-state index in [4.69, 9.17) is 4.74 Å². The first-order valence-electron chi connectivity index (χ1n) is 10.1. The Morgan fingerprint density at radius 1 is 1.04 bits per heavy atom. The monoisotopic (exact) mass is 366 g/mol. The third-order valence-corrected chi connectivity index (χ3v) is 9.32. The van der Waals surface area contributed by atoms with Crippen LogP contribution in [0.1, 0.15) is 52.9 Å². The molecule has 4 aliphatic carbocycles. The predicted molar refractivity (Wildman–Crippen MR) is 90.4 cm³/mol. The van der Waals surface area contributed by atoms with E-state index in [0.717, 1.165) is 19.3 Å². The van der Waals surface area contributed by atoms with Gasteiger partial charge < -0.3 is 25.2 Å². The number of ether oxygens (including phenoxy) is 1. The summed E-state index contributed by atoms with van der Waals surface area (Å²) in [6.45, 7) is 5.97. The summed E-state index contributed by atoms with van der Waals surface area (Å²) in [6.07, 6.45) is 0.371. The van der Waals surface area contributed by atoms with Crippen molar-refractivity contribution >= 4 is 5.97 Å². The van der Waals surface area contributed by atoms with Crippen molar-refractivity contribution < 1.29 is 30.0 Å². The first kappa shape index (κ1) is 17.4. The van der Waals surface area contributed by atoms with Gasteiger partial charge in [-0.1, -0.05) is 27.2 Å². The highest BCUT2D eigenvalue weighted by Gasteiger charge is 2.88. The van der Waals surface area contributed by atoms with Crippen molar-refractivity contribution in [3.8, 4) is 0 Å². The van der Waals surface area contributed by atoms with Crippen molar-refractivity contribution in [2.45, 2.75) is 77.0 Å². The minimum atomic E-state index is -2.24. The van der Waals surface area contributed by atoms with Gasteiger partial charge in [-0.2, -0.15) is 0 Å². The zero-order valence-corrected chi connectivity index (χ0v) is 15.7. The van der Waals surface area contributed by atoms with Crippen molar-refractivity contribution in [3.63, 3.8) is 0 Å². The van der Waals surface area contributed by atoms with Crippen molar-refractivity contribution in [1.29, 1.82) is 0 Å². The molecule has 0 aromatic rings. The fourth-order valence-electron chi connectivity index (χ4n) is 8.46. The van der Waals surface area contributed by atoms with Crippen LogP contribution in [0, 0.1) is 39.9 Å². The number of aliphatic hydroxyl groups excluding tert-OH is 3. The third kappa shape index (κ3) is 1.42. The Labute approximate surface area is 153 Å². The number of carbonyl (C=O) groups excluding carboxylic acids is 1. The lowest BCUT2D eigenvalue weighted by atomic mass is 9.36. The minimum Gasteiger partial charge on any atom is -0.429 e. The average molecular weight is 366 g/mol. The maximum Gasteiger partial charge on any atom is 0.315 e. The standard InChI is InChI=1S/C20H30O6/c1-9-10-5-6-11-18-8-4-7-17(2,3)12(18)15(23)20(25,26-16(18)24)19(11,13(9)21)14(10)22/h9-15,21-23,25H,4-8H2,1-3H3/t9-,10+,11+,12-,13-,14-,15+,18-,19+,20+/m1/s1. The molecule has 0 aromatic heterocycles. The summed E-state index contributed by atoms with van der Waals surface area (Å²) in [5, 5.41) is 45.4. The zero-order valence-electron chi connectivity index (χ0n) is 15.7. The number of esters is 1. The minimum absolute atomic E-state index is 0.151. The Morgan fingerprint density at radius 3 is 2.42 bits per heavy atom. The molecule has 6 heteroatoms. The lowest BCUT2D eigenvalue weighted by Gasteiger charge is -2.73. The Hall–Kier alpha value is -0.690. The maximum absolute atomic E-state index is 13.2. The van der Waals surface area contributed by atoms with Crippen LogP contribution in [0.2, 0.25) is 0 Å². The summed E-state index contributed by atoms with van der Waals surface area (Å²) in [5.41, 5.74) is -2.67. The summed E-state index contributed by atoms with van der Waals surface area (Å²) in [4.78, 5) is 13.2. The second-order valence-corrected chi connectivity index (χ2v) is 10.4. The van der Waals surface area contributed by atoms with Gasteiger partial charge in [-0.3, -0.25) is 4.79 Å². The van der Waals surface area contributed by atoms with E-state index in [2.05, 4.69) is 0 Å². The molecule has 0 amide bonds. The third-order valence-electron chi connectivity index (χ3n) is 9.32. The lowest BCUT2D eigenvalue weighted by molar-refractivity contribution is -0.435. The van der Waals surface area contributed by atoms with Crippen LogP contribution in [0.15, 0.2) is 0 Å². The van der Waals surface area contributed by atoms with Crippen LogP contribution in [0.5, 0.6) is 0 Å². The van der Waals surface area contributed by atoms with Gasteiger partial charge in [-0.05, 0) is 48.9 Å². The number of hydrogen-bond acceptors (Lipinski definition) is 6. The van der Waals surface area contributed by atoms with Crippen molar-refractivity contribution in [2.75, 3.05) is 0 Å². The van der Waals surface area contributed by atoms with Crippen molar-refractivity contribution in [1.82, 2.24) is 0 Å². The van der Waals surface area contributed by atoms with E-state index < -0.39 is 46.8 Å². The molecule has 0 radical (unpaired) electrons. The molecule has 0 unspecified atom stereocenters. The first-order valence-corrected chi connectivity index (χ1v) is 10.1. The molecule has 2 spiro atoms. The van der Waals surface area contributed by atoms with E-state index in [1.807, 2.05) is 20.8 Å². The molecule has 26 heavy (non-hydrogen) atoms. The molecule has 2 saturated heterocycles. The second kappa shape index (κ2) is 4.65. The van der Waals surface area contributed by atoms with E-state index in [9.17, 15) is 25.2 Å². The highest BCUT2D eigenvalue weighted by Crippen LogP contribution is 2.77. The van der Waals surface area contributed by atoms with Crippen LogP contribution in [0.3, 0.4) is 0 Å². The summed E-state index contributed by atoms with van der Waals surface area (Å²) in [7, 11) is 0. The molecule has 4 saturated carbocycles. The second-order valence-electron chi connectivity index (χ2n) is 10.4. The quantitative estimate of drug-likeness (QED) is 0.473. The Morgan fingerprint density at radius 2 is 1.73 bits per heavy atom. The normalized spacial score (nSPS) is 62.4. The molecular weight excluding hydrogens is 336 g/mol. The van der Waals surface area contributed by atoms with Gasteiger partial charge in [0.2, 0.25) is 5.79 Å². The van der Waals surface area contributed by atoms with Gasteiger partial charge in [0.05, 0.1) is 23.0 Å². The number of carbonyl (C=O) groups is 1. The van der Waals surface area contributed by atoms with Gasteiger partial charge >= 0.3 is 5.97 Å².